The molecule has 2 N–H and O–H groups in total. The van der Waals surface area contributed by atoms with E-state index in [1.54, 1.807) is 6.07 Å². The van der Waals surface area contributed by atoms with E-state index in [2.05, 4.69) is 12.6 Å². The number of benzene rings is 2. The Hall–Kier alpha value is -0.830. The Morgan fingerprint density at radius 3 is 2.31 bits per heavy atom. The fourth-order valence-corrected chi connectivity index (χ4v) is 2.30. The van der Waals surface area contributed by atoms with Crippen LogP contribution in [0.25, 0.3) is 11.1 Å². The van der Waals surface area contributed by atoms with E-state index in [1.165, 1.54) is 0 Å². The fourth-order valence-electron chi connectivity index (χ4n) is 1.51. The summed E-state index contributed by atoms with van der Waals surface area (Å²) in [6, 6.07) is 11.3. The molecule has 0 amide bonds. The van der Waals surface area contributed by atoms with Crippen LogP contribution in [0.5, 0.6) is 0 Å². The average molecular weight is 270 g/mol. The van der Waals surface area contributed by atoms with Crippen molar-refractivity contribution in [1.29, 1.82) is 0 Å². The van der Waals surface area contributed by atoms with Crippen LogP contribution in [0.3, 0.4) is 0 Å². The van der Waals surface area contributed by atoms with Gasteiger partial charge < -0.3 is 5.73 Å². The van der Waals surface area contributed by atoms with Crippen molar-refractivity contribution in [1.82, 2.24) is 0 Å². The number of hydrogen-bond donors (Lipinski definition) is 2. The molecule has 0 aliphatic rings. The lowest BCUT2D eigenvalue weighted by Crippen LogP contribution is -1.93. The second kappa shape index (κ2) is 4.58. The highest BCUT2D eigenvalue weighted by Gasteiger charge is 2.13. The summed E-state index contributed by atoms with van der Waals surface area (Å²) >= 11 is 16.5. The molecule has 82 valence electrons. The van der Waals surface area contributed by atoms with E-state index in [0.29, 0.717) is 20.6 Å². The van der Waals surface area contributed by atoms with Crippen molar-refractivity contribution < 1.29 is 0 Å². The molecular weight excluding hydrogens is 261 g/mol. The monoisotopic (exact) mass is 269 g/mol. The normalized spacial score (nSPS) is 10.4. The van der Waals surface area contributed by atoms with Gasteiger partial charge in [0.25, 0.3) is 0 Å². The lowest BCUT2D eigenvalue weighted by molar-refractivity contribution is 1.46. The summed E-state index contributed by atoms with van der Waals surface area (Å²) in [6.45, 7) is 0. The van der Waals surface area contributed by atoms with Gasteiger partial charge in [-0.3, -0.25) is 0 Å². The molecule has 0 unspecified atom stereocenters. The van der Waals surface area contributed by atoms with E-state index in [4.69, 9.17) is 28.9 Å². The summed E-state index contributed by atoms with van der Waals surface area (Å²) in [6.07, 6.45) is 0. The van der Waals surface area contributed by atoms with Crippen LogP contribution < -0.4 is 5.73 Å². The minimum atomic E-state index is 0.466. The molecular formula is C12H9Cl2NS. The maximum absolute atomic E-state index is 6.19. The zero-order valence-electron chi connectivity index (χ0n) is 8.24. The highest BCUT2D eigenvalue weighted by Crippen LogP contribution is 2.41. The number of nitrogen functional groups attached to an aromatic ring is 1. The number of rotatable bonds is 1. The summed E-state index contributed by atoms with van der Waals surface area (Å²) in [4.78, 5) is 0.625. The Morgan fingerprint density at radius 2 is 1.69 bits per heavy atom. The summed E-state index contributed by atoms with van der Waals surface area (Å²) in [7, 11) is 0. The molecule has 16 heavy (non-hydrogen) atoms. The molecule has 2 aromatic carbocycles. The molecule has 2 rings (SSSR count). The van der Waals surface area contributed by atoms with Crippen LogP contribution in [0.1, 0.15) is 0 Å². The number of thiol groups is 1. The highest BCUT2D eigenvalue weighted by atomic mass is 35.5. The molecule has 0 aromatic heterocycles. The first kappa shape index (κ1) is 11.6. The zero-order valence-corrected chi connectivity index (χ0v) is 10.7. The molecule has 0 radical (unpaired) electrons. The first-order valence-electron chi connectivity index (χ1n) is 4.63. The number of anilines is 1. The van der Waals surface area contributed by atoms with Gasteiger partial charge in [0.05, 0.1) is 15.7 Å². The molecule has 0 heterocycles. The summed E-state index contributed by atoms with van der Waals surface area (Å²) in [5, 5.41) is 0.990. The van der Waals surface area contributed by atoms with E-state index in [-0.39, 0.29) is 0 Å². The van der Waals surface area contributed by atoms with Crippen molar-refractivity contribution in [2.75, 3.05) is 5.73 Å². The summed E-state index contributed by atoms with van der Waals surface area (Å²) in [5.74, 6) is 0. The molecule has 0 saturated carbocycles. The maximum Gasteiger partial charge on any atom is 0.0653 e. The molecule has 2 aromatic rings. The van der Waals surface area contributed by atoms with Crippen LogP contribution in [-0.4, -0.2) is 0 Å². The third-order valence-electron chi connectivity index (χ3n) is 2.30. The van der Waals surface area contributed by atoms with Crippen molar-refractivity contribution in [2.24, 2.45) is 0 Å². The molecule has 0 aliphatic heterocycles. The molecule has 0 fully saturated rings. The number of halogens is 2. The van der Waals surface area contributed by atoms with E-state index < -0.39 is 0 Å². The van der Waals surface area contributed by atoms with Crippen LogP contribution in [-0.2, 0) is 0 Å². The first-order chi connectivity index (χ1) is 7.61. The fraction of sp³-hybridized carbons (Fsp3) is 0. The van der Waals surface area contributed by atoms with E-state index >= 15 is 0 Å². The van der Waals surface area contributed by atoms with Crippen molar-refractivity contribution in [3.63, 3.8) is 0 Å². The molecule has 0 bridgehead atoms. The Balaban J connectivity index is 2.74. The van der Waals surface area contributed by atoms with Gasteiger partial charge in [0.1, 0.15) is 0 Å². The summed E-state index contributed by atoms with van der Waals surface area (Å²) < 4.78 is 0. The Morgan fingerprint density at radius 1 is 1.06 bits per heavy atom. The van der Waals surface area contributed by atoms with Gasteiger partial charge in [-0.2, -0.15) is 0 Å². The van der Waals surface area contributed by atoms with Gasteiger partial charge in [-0.05, 0) is 11.6 Å². The summed E-state index contributed by atoms with van der Waals surface area (Å²) in [5.41, 5.74) is 8.09. The lowest BCUT2D eigenvalue weighted by Gasteiger charge is -2.11. The molecule has 0 atom stereocenters. The Kier molecular flexibility index (Phi) is 3.33. The predicted molar refractivity (Wildman–Crippen MR) is 73.6 cm³/mol. The standard InChI is InChI=1S/C12H9Cl2NS/c13-8-6-9(16)11(14)10(12(8)15)7-4-2-1-3-5-7/h1-6,16H,15H2. The predicted octanol–water partition coefficient (Wildman–Crippen LogP) is 4.53. The van der Waals surface area contributed by atoms with Crippen LogP contribution in [0, 0.1) is 0 Å². The molecule has 1 nitrogen and oxygen atoms in total. The zero-order chi connectivity index (χ0) is 11.7. The topological polar surface area (TPSA) is 26.0 Å². The van der Waals surface area contributed by atoms with Crippen LogP contribution in [0.15, 0.2) is 41.3 Å². The van der Waals surface area contributed by atoms with Crippen molar-refractivity contribution >= 4 is 41.5 Å². The number of hydrogen-bond acceptors (Lipinski definition) is 2. The SMILES string of the molecule is Nc1c(Cl)cc(S)c(Cl)c1-c1ccccc1. The van der Waals surface area contributed by atoms with Gasteiger partial charge in [0.15, 0.2) is 0 Å². The van der Waals surface area contributed by atoms with Crippen molar-refractivity contribution in [2.45, 2.75) is 4.90 Å². The van der Waals surface area contributed by atoms with Crippen LogP contribution in [0.4, 0.5) is 5.69 Å². The molecule has 0 saturated heterocycles. The van der Waals surface area contributed by atoms with Gasteiger partial charge in [-0.1, -0.05) is 53.5 Å². The smallest absolute Gasteiger partial charge is 0.0653 e. The van der Waals surface area contributed by atoms with Crippen LogP contribution in [0.2, 0.25) is 10.0 Å². The van der Waals surface area contributed by atoms with E-state index in [0.717, 1.165) is 11.1 Å². The van der Waals surface area contributed by atoms with Gasteiger partial charge in [-0.25, -0.2) is 0 Å². The first-order valence-corrected chi connectivity index (χ1v) is 5.83. The maximum atomic E-state index is 6.19. The Bertz CT molecular complexity index is 500. The van der Waals surface area contributed by atoms with E-state index in [1.807, 2.05) is 30.3 Å². The average Bonchev–Trinajstić information content (AvgIpc) is 2.28. The molecule has 0 spiro atoms. The highest BCUT2D eigenvalue weighted by molar-refractivity contribution is 7.80. The van der Waals surface area contributed by atoms with Gasteiger partial charge in [0, 0.05) is 10.5 Å². The second-order valence-corrected chi connectivity index (χ2v) is 4.61. The second-order valence-electron chi connectivity index (χ2n) is 3.35. The molecule has 4 heteroatoms. The minimum absolute atomic E-state index is 0.466. The van der Waals surface area contributed by atoms with Crippen molar-refractivity contribution in [3.05, 3.63) is 46.4 Å². The lowest BCUT2D eigenvalue weighted by atomic mass is 10.0. The van der Waals surface area contributed by atoms with Crippen molar-refractivity contribution in [3.8, 4) is 11.1 Å². The largest absolute Gasteiger partial charge is 0.397 e. The van der Waals surface area contributed by atoms with Gasteiger partial charge >= 0.3 is 0 Å². The molecule has 0 aliphatic carbocycles. The van der Waals surface area contributed by atoms with E-state index in [9.17, 15) is 0 Å². The van der Waals surface area contributed by atoms with Gasteiger partial charge in [0.2, 0.25) is 0 Å². The Labute approximate surface area is 110 Å². The number of nitrogens with two attached hydrogens (primary N) is 1. The third-order valence-corrected chi connectivity index (χ3v) is 3.49. The minimum Gasteiger partial charge on any atom is -0.397 e. The quantitative estimate of drug-likeness (QED) is 0.577. The van der Waals surface area contributed by atoms with Crippen LogP contribution >= 0.6 is 35.8 Å². The third kappa shape index (κ3) is 2.01. The van der Waals surface area contributed by atoms with Gasteiger partial charge in [-0.15, -0.1) is 12.6 Å².